The smallest absolute Gasteiger partial charge is 0.309 e. The molecule has 0 saturated heterocycles. The van der Waals surface area contributed by atoms with E-state index in [9.17, 15) is 22.4 Å². The quantitative estimate of drug-likeness (QED) is 0.592. The number of benzene rings is 1. The second-order valence-corrected chi connectivity index (χ2v) is 8.42. The van der Waals surface area contributed by atoms with Crippen LogP contribution in [0.3, 0.4) is 0 Å². The van der Waals surface area contributed by atoms with Crippen molar-refractivity contribution < 1.29 is 22.4 Å². The molecule has 0 bridgehead atoms. The number of aryl methyl sites for hydroxylation is 1. The first kappa shape index (κ1) is 23.9. The summed E-state index contributed by atoms with van der Waals surface area (Å²) in [5, 5.41) is 7.10. The van der Waals surface area contributed by atoms with Crippen LogP contribution in [-0.4, -0.2) is 21.9 Å². The van der Waals surface area contributed by atoms with Crippen molar-refractivity contribution in [3.05, 3.63) is 35.8 Å². The Balaban J connectivity index is 0.00000155. The van der Waals surface area contributed by atoms with Crippen molar-refractivity contribution in [2.24, 2.45) is 11.3 Å². The highest BCUT2D eigenvalue weighted by molar-refractivity contribution is 5.95. The Hall–Kier alpha value is -2.38. The fourth-order valence-electron chi connectivity index (χ4n) is 3.45. The van der Waals surface area contributed by atoms with Gasteiger partial charge in [-0.3, -0.25) is 9.48 Å². The molecule has 1 amide bonds. The van der Waals surface area contributed by atoms with Crippen LogP contribution in [0.5, 0.6) is 0 Å². The lowest BCUT2D eigenvalue weighted by molar-refractivity contribution is -0.179. The van der Waals surface area contributed by atoms with Crippen LogP contribution in [0.15, 0.2) is 24.3 Å². The number of fused-ring (bicyclic) bond motifs is 1. The van der Waals surface area contributed by atoms with Crippen LogP contribution >= 0.6 is 0 Å². The molecule has 166 valence electrons. The summed E-state index contributed by atoms with van der Waals surface area (Å²) in [5.41, 5.74) is 1.11. The van der Waals surface area contributed by atoms with Crippen molar-refractivity contribution in [3.8, 4) is 11.1 Å². The molecule has 0 fully saturated rings. The van der Waals surface area contributed by atoms with E-state index in [1.54, 1.807) is 0 Å². The summed E-state index contributed by atoms with van der Waals surface area (Å²) in [4.78, 5) is 12.4. The van der Waals surface area contributed by atoms with E-state index in [4.69, 9.17) is 0 Å². The monoisotopic (exact) mass is 427 g/mol. The number of carbonyl (C=O) groups excluding carboxylic acids is 1. The fourth-order valence-corrected chi connectivity index (χ4v) is 3.45. The number of alkyl halides is 3. The summed E-state index contributed by atoms with van der Waals surface area (Å²) in [6.45, 7) is 9.86. The highest BCUT2D eigenvalue weighted by atomic mass is 19.4. The number of carbonyl (C=O) groups is 1. The minimum atomic E-state index is -4.30. The number of aromatic nitrogens is 2. The van der Waals surface area contributed by atoms with Crippen molar-refractivity contribution in [3.63, 3.8) is 0 Å². The van der Waals surface area contributed by atoms with Gasteiger partial charge in [0.1, 0.15) is 5.82 Å². The zero-order chi connectivity index (χ0) is 22.7. The fraction of sp³-hybridized carbons (Fsp3) is 0.545. The SMILES string of the molecule is CC.CC(C)(C)CC(=O)Nc1nn2c(c1-c1ccc(F)cc1)CC(C(F)(F)F)CC2. The number of rotatable bonds is 3. The summed E-state index contributed by atoms with van der Waals surface area (Å²) in [6, 6.07) is 5.46. The van der Waals surface area contributed by atoms with Crippen LogP contribution in [0.1, 0.15) is 53.2 Å². The minimum absolute atomic E-state index is 0.0591. The molecule has 1 aromatic heterocycles. The Bertz CT molecular complexity index is 864. The van der Waals surface area contributed by atoms with Gasteiger partial charge in [-0.1, -0.05) is 46.8 Å². The number of nitrogens with zero attached hydrogens (tertiary/aromatic N) is 2. The lowest BCUT2D eigenvalue weighted by Crippen LogP contribution is -2.31. The second kappa shape index (κ2) is 9.18. The molecule has 8 heteroatoms. The molecule has 1 aromatic carbocycles. The second-order valence-electron chi connectivity index (χ2n) is 8.42. The van der Waals surface area contributed by atoms with E-state index in [0.717, 1.165) is 0 Å². The van der Waals surface area contributed by atoms with E-state index in [2.05, 4.69) is 10.4 Å². The molecule has 0 radical (unpaired) electrons. The zero-order valence-electron chi connectivity index (χ0n) is 18.0. The summed E-state index contributed by atoms with van der Waals surface area (Å²) < 4.78 is 54.7. The summed E-state index contributed by atoms with van der Waals surface area (Å²) in [5.74, 6) is -1.96. The van der Waals surface area contributed by atoms with Gasteiger partial charge in [0.25, 0.3) is 0 Å². The number of hydrogen-bond donors (Lipinski definition) is 1. The van der Waals surface area contributed by atoms with Crippen LogP contribution in [-0.2, 0) is 17.8 Å². The highest BCUT2D eigenvalue weighted by Gasteiger charge is 2.43. The third-order valence-electron chi connectivity index (χ3n) is 4.73. The van der Waals surface area contributed by atoms with E-state index in [0.29, 0.717) is 16.8 Å². The molecule has 0 aliphatic carbocycles. The Morgan fingerprint density at radius 3 is 2.30 bits per heavy atom. The topological polar surface area (TPSA) is 46.9 Å². The minimum Gasteiger partial charge on any atom is -0.309 e. The highest BCUT2D eigenvalue weighted by Crippen LogP contribution is 2.41. The first-order valence-corrected chi connectivity index (χ1v) is 10.2. The van der Waals surface area contributed by atoms with Gasteiger partial charge in [-0.15, -0.1) is 0 Å². The van der Waals surface area contributed by atoms with E-state index < -0.39 is 17.9 Å². The van der Waals surface area contributed by atoms with Gasteiger partial charge in [0, 0.05) is 30.6 Å². The van der Waals surface area contributed by atoms with Crippen LogP contribution < -0.4 is 5.32 Å². The third kappa shape index (κ3) is 5.83. The van der Waals surface area contributed by atoms with Gasteiger partial charge in [-0.05, 0) is 29.5 Å². The first-order chi connectivity index (χ1) is 13.9. The Kier molecular flexibility index (Phi) is 7.31. The summed E-state index contributed by atoms with van der Waals surface area (Å²) in [7, 11) is 0. The summed E-state index contributed by atoms with van der Waals surface area (Å²) >= 11 is 0. The molecule has 1 unspecified atom stereocenters. The number of halogens is 4. The number of anilines is 1. The van der Waals surface area contributed by atoms with Gasteiger partial charge in [-0.2, -0.15) is 18.3 Å². The molecule has 3 rings (SSSR count). The molecule has 1 aliphatic heterocycles. The molecule has 1 atom stereocenters. The zero-order valence-corrected chi connectivity index (χ0v) is 18.0. The van der Waals surface area contributed by atoms with E-state index in [1.165, 1.54) is 28.9 Å². The maximum absolute atomic E-state index is 13.3. The average Bonchev–Trinajstić information content (AvgIpc) is 2.98. The third-order valence-corrected chi connectivity index (χ3v) is 4.73. The van der Waals surface area contributed by atoms with Gasteiger partial charge in [0.05, 0.1) is 5.92 Å². The molecule has 30 heavy (non-hydrogen) atoms. The molecule has 1 N–H and O–H groups in total. The Morgan fingerprint density at radius 2 is 1.77 bits per heavy atom. The Labute approximate surface area is 174 Å². The standard InChI is InChI=1S/C20H23F4N3O.C2H6/c1-19(2,3)11-16(28)25-18-17(12-4-6-14(21)7-5-12)15-10-13(20(22,23)24)8-9-27(15)26-18;1-2/h4-7,13H,8-11H2,1-3H3,(H,25,26,28);1-2H3. The van der Waals surface area contributed by atoms with Crippen LogP contribution in [0.4, 0.5) is 23.4 Å². The number of nitrogens with one attached hydrogen (secondary N) is 1. The van der Waals surface area contributed by atoms with Crippen molar-refractivity contribution in [1.29, 1.82) is 0 Å². The lowest BCUT2D eigenvalue weighted by atomic mass is 9.91. The van der Waals surface area contributed by atoms with Crippen LogP contribution in [0, 0.1) is 17.2 Å². The predicted octanol–water partition coefficient (Wildman–Crippen LogP) is 6.21. The molecule has 2 aromatic rings. The van der Waals surface area contributed by atoms with Crippen molar-refractivity contribution in [1.82, 2.24) is 9.78 Å². The Morgan fingerprint density at radius 1 is 1.17 bits per heavy atom. The maximum atomic E-state index is 13.3. The van der Waals surface area contributed by atoms with Crippen molar-refractivity contribution in [2.75, 3.05) is 5.32 Å². The van der Waals surface area contributed by atoms with Gasteiger partial charge in [0.2, 0.25) is 5.91 Å². The normalized spacial score (nSPS) is 16.4. The number of amides is 1. The number of hydrogen-bond acceptors (Lipinski definition) is 2. The molecule has 1 aliphatic rings. The van der Waals surface area contributed by atoms with Gasteiger partial charge in [0.15, 0.2) is 5.82 Å². The predicted molar refractivity (Wildman–Crippen MR) is 110 cm³/mol. The largest absolute Gasteiger partial charge is 0.392 e. The molecular weight excluding hydrogens is 398 g/mol. The van der Waals surface area contributed by atoms with Crippen molar-refractivity contribution >= 4 is 11.7 Å². The molecule has 4 nitrogen and oxygen atoms in total. The molecular formula is C22H29F4N3O. The van der Waals surface area contributed by atoms with Crippen molar-refractivity contribution in [2.45, 2.75) is 66.6 Å². The molecule has 2 heterocycles. The van der Waals surface area contributed by atoms with E-state index in [-0.39, 0.29) is 42.9 Å². The molecule has 0 saturated carbocycles. The van der Waals surface area contributed by atoms with E-state index in [1.807, 2.05) is 34.6 Å². The van der Waals surface area contributed by atoms with Gasteiger partial charge < -0.3 is 5.32 Å². The lowest BCUT2D eigenvalue weighted by Gasteiger charge is -2.26. The molecule has 0 spiro atoms. The van der Waals surface area contributed by atoms with Gasteiger partial charge in [-0.25, -0.2) is 4.39 Å². The van der Waals surface area contributed by atoms with E-state index >= 15 is 0 Å². The average molecular weight is 427 g/mol. The van der Waals surface area contributed by atoms with Gasteiger partial charge >= 0.3 is 6.18 Å². The first-order valence-electron chi connectivity index (χ1n) is 10.2. The van der Waals surface area contributed by atoms with Crippen LogP contribution in [0.25, 0.3) is 11.1 Å². The summed E-state index contributed by atoms with van der Waals surface area (Å²) in [6.07, 6.45) is -4.34. The van der Waals surface area contributed by atoms with Crippen LogP contribution in [0.2, 0.25) is 0 Å². The maximum Gasteiger partial charge on any atom is 0.392 e.